The molecule has 1 fully saturated rings. The zero-order chi connectivity index (χ0) is 81.1. The summed E-state index contributed by atoms with van der Waals surface area (Å²) >= 11 is 0. The molecule has 2 atom stereocenters. The van der Waals surface area contributed by atoms with E-state index in [9.17, 15) is 9.59 Å². The number of allylic oxidation sites excluding steroid dienone is 1. The summed E-state index contributed by atoms with van der Waals surface area (Å²) in [5.74, 6) is 2.23. The molecule has 2 unspecified atom stereocenters. The largest absolute Gasteiger partial charge is 1.00 e. The van der Waals surface area contributed by atoms with Crippen molar-refractivity contribution in [1.29, 1.82) is 0 Å². The van der Waals surface area contributed by atoms with Crippen LogP contribution in [0.15, 0.2) is 237 Å². The molecule has 0 radical (unpaired) electrons. The van der Waals surface area contributed by atoms with Crippen molar-refractivity contribution in [1.82, 2.24) is 0 Å². The summed E-state index contributed by atoms with van der Waals surface area (Å²) in [6.45, 7) is 55.8. The van der Waals surface area contributed by atoms with E-state index in [4.69, 9.17) is 18.9 Å². The van der Waals surface area contributed by atoms with Crippen LogP contribution in [0.25, 0.3) is 6.08 Å². The van der Waals surface area contributed by atoms with Gasteiger partial charge in [0.1, 0.15) is 6.61 Å². The molecule has 1 saturated heterocycles. The van der Waals surface area contributed by atoms with Crippen LogP contribution in [0.1, 0.15) is 295 Å². The van der Waals surface area contributed by atoms with Crippen LogP contribution in [0.5, 0.6) is 0 Å². The van der Waals surface area contributed by atoms with E-state index in [1.54, 1.807) is 21.1 Å². The topological polar surface area (TPSA) is 71.1 Å². The fraction of sp³-hybridized carbons (Fsp3) is 0.452. The van der Waals surface area contributed by atoms with Gasteiger partial charge in [-0.05, 0) is 156 Å². The predicted octanol–water partition coefficient (Wildman–Crippen LogP) is 19.2. The number of ether oxygens (including phenoxy) is 4. The van der Waals surface area contributed by atoms with Crippen molar-refractivity contribution in [3.8, 4) is 0 Å². The molecule has 0 saturated carbocycles. The third-order valence-corrected chi connectivity index (χ3v) is 19.9. The van der Waals surface area contributed by atoms with Crippen LogP contribution in [0.4, 0.5) is 0 Å². The molecule has 113 heavy (non-hydrogen) atoms. The molecule has 602 valence electrons. The molecule has 0 N–H and O–H groups in total. The third kappa shape index (κ3) is 40.5. The minimum absolute atomic E-state index is 0. The smallest absolute Gasteiger partial charge is 0.463 e. The summed E-state index contributed by atoms with van der Waals surface area (Å²) in [4.78, 5) is 24.2. The van der Waals surface area contributed by atoms with E-state index in [0.717, 1.165) is 58.2 Å². The first-order valence-electron chi connectivity index (χ1n) is 40.4. The quantitative estimate of drug-likeness (QED) is 0.0168. The Hall–Kier alpha value is -6.21. The van der Waals surface area contributed by atoms with Crippen molar-refractivity contribution in [2.45, 2.75) is 255 Å². The summed E-state index contributed by atoms with van der Waals surface area (Å²) in [6.07, 6.45) is 16.1. The molecule has 0 spiro atoms. The van der Waals surface area contributed by atoms with Gasteiger partial charge in [0.25, 0.3) is 0 Å². The molecular weight excluding hydrogens is 1370 g/mol. The molecule has 1 aliphatic heterocycles. The Kier molecular flexibility index (Phi) is 54.9. The number of carbonyl (C=O) groups excluding carboxylic acids is 2. The number of unbranched alkanes of at least 4 members (excludes halogenated alkanes) is 1. The Bertz CT molecular complexity index is 3640. The molecule has 9 rings (SSSR count). The van der Waals surface area contributed by atoms with Crippen molar-refractivity contribution < 1.29 is 85.1 Å². The van der Waals surface area contributed by atoms with Crippen LogP contribution < -0.4 is 56.6 Å². The van der Waals surface area contributed by atoms with Crippen molar-refractivity contribution in [3.63, 3.8) is 0 Å². The molecule has 0 amide bonds. The van der Waals surface area contributed by atoms with Crippen LogP contribution in [0.3, 0.4) is 0 Å². The van der Waals surface area contributed by atoms with E-state index >= 15 is 0 Å². The molecule has 0 aromatic heterocycles. The first kappa shape index (κ1) is 109. The Balaban J connectivity index is 0. The summed E-state index contributed by atoms with van der Waals surface area (Å²) in [5, 5.41) is 0. The van der Waals surface area contributed by atoms with Gasteiger partial charge >= 0.3 is 62.6 Å². The van der Waals surface area contributed by atoms with Gasteiger partial charge in [-0.2, -0.15) is 30.5 Å². The maximum atomic E-state index is 13.4. The zero-order valence-corrected chi connectivity index (χ0v) is 74.7. The fourth-order valence-corrected chi connectivity index (χ4v) is 12.9. The van der Waals surface area contributed by atoms with Crippen LogP contribution in [0.2, 0.25) is 0 Å². The Morgan fingerprint density at radius 3 is 1.19 bits per heavy atom. The number of carbonyl (C=O) groups is 2. The van der Waals surface area contributed by atoms with Gasteiger partial charge in [0.15, 0.2) is 5.78 Å². The standard InChI is InChI=1S/C35H46O3.C27H31.C13H19.C12H16.C8H14O2.C4H8O.C4H9.CH4.3Li/c1-8-27(28-19-21-29(22-20-28)33(2,3)4)25-35(30-15-11-9-12-16-30,31-17-13-10-14-18-31)26-34(5,6)32(36)38-24-23-37-7;1-5-21(22-16-18-25(19-17-22)27(2,3)4)20-26(23-12-8-6-9-13-23)24-14-10-7-11-15-24;1-5-6-11-7-9-12(10-8-11)13(2,3)4;1-5-10-6-8-11(9-7-10)12(2,3)4;1-7(2)8(9)5-4-6-10-3;1-2-4-5-3-1;1-3-4-2;;;;/h9-22,27H,8,23-26H2,1-7H3;6-19,21H,5,20H2,1-4H3;6-10H,5H2,1-4H3;5-9H,1H2,2-4H3;1,4-6H2,2-3H3;1-4H2;1,3-4H2,2H3;1H4;;;/q;2*-1;;;;-1;;3*+1. The van der Waals surface area contributed by atoms with Gasteiger partial charge in [0.2, 0.25) is 0 Å². The van der Waals surface area contributed by atoms with Gasteiger partial charge in [-0.3, -0.25) is 9.59 Å². The van der Waals surface area contributed by atoms with Crippen molar-refractivity contribution in [2.24, 2.45) is 5.41 Å². The summed E-state index contributed by atoms with van der Waals surface area (Å²) in [7, 11) is 3.25. The monoisotopic (exact) mass is 1510 g/mol. The van der Waals surface area contributed by atoms with Gasteiger partial charge in [-0.15, -0.1) is 53.4 Å². The normalized spacial score (nSPS) is 12.1. The van der Waals surface area contributed by atoms with E-state index in [2.05, 4.69) is 356 Å². The van der Waals surface area contributed by atoms with Crippen molar-refractivity contribution >= 4 is 17.8 Å². The minimum atomic E-state index is -0.701. The second-order valence-corrected chi connectivity index (χ2v) is 33.6. The minimum Gasteiger partial charge on any atom is -0.463 e. The fourth-order valence-electron chi connectivity index (χ4n) is 12.9. The molecule has 8 aromatic rings. The second kappa shape index (κ2) is 57.0. The van der Waals surface area contributed by atoms with Gasteiger partial charge < -0.3 is 25.9 Å². The van der Waals surface area contributed by atoms with Gasteiger partial charge in [-0.1, -0.05) is 326 Å². The van der Waals surface area contributed by atoms with E-state index in [-0.39, 0.29) is 109 Å². The van der Waals surface area contributed by atoms with Crippen LogP contribution >= 0.6 is 0 Å². The van der Waals surface area contributed by atoms with E-state index in [1.165, 1.54) is 91.9 Å². The summed E-state index contributed by atoms with van der Waals surface area (Å²) < 4.78 is 20.5. The molecule has 0 aliphatic carbocycles. The molecular formula is C104H147Li3O6. The van der Waals surface area contributed by atoms with E-state index in [1.807, 2.05) is 19.9 Å². The average molecular weight is 1510 g/mol. The zero-order valence-electron chi connectivity index (χ0n) is 74.7. The maximum absolute atomic E-state index is 13.4. The van der Waals surface area contributed by atoms with Crippen LogP contribution in [0, 0.1) is 24.7 Å². The van der Waals surface area contributed by atoms with E-state index < -0.39 is 5.41 Å². The number of hydrogen-bond donors (Lipinski definition) is 0. The molecule has 0 bridgehead atoms. The second-order valence-electron chi connectivity index (χ2n) is 33.6. The van der Waals surface area contributed by atoms with Gasteiger partial charge in [0, 0.05) is 45.9 Å². The Morgan fingerprint density at radius 2 is 0.876 bits per heavy atom. The number of ketones is 1. The number of esters is 1. The maximum Gasteiger partial charge on any atom is 1.00 e. The number of rotatable bonds is 27. The number of Topliss-reactive ketones (excluding diaryl/α,β-unsaturated/α-hetero) is 1. The summed E-state index contributed by atoms with van der Waals surface area (Å²) in [5.41, 5.74) is 16.3. The van der Waals surface area contributed by atoms with Crippen molar-refractivity contribution in [3.05, 3.63) is 323 Å². The molecule has 9 heteroatoms. The number of methoxy groups -OCH3 is 2. The SMILES string of the molecule is C.C1CCOC1.C=C(C)C(=O)CCCOC.C=Cc1ccc(C(C)(C)C)cc1.CCC(CC(CC(C)(C)C(=O)OCCOC)(c1ccccc1)c1ccccc1)c1ccc(C(C)(C)C)cc1.CCC(C[C-](c1ccccc1)c1ccccc1)c1ccc(C(C)(C)C)cc1.CC[CH-]c1ccc(C(C)(C)C)cc1.[CH2-]CCC.[Li+].[Li+].[Li+]. The van der Waals surface area contributed by atoms with Gasteiger partial charge in [0.05, 0.1) is 12.0 Å². The Labute approximate surface area is 728 Å². The first-order chi connectivity index (χ1) is 51.7. The number of hydrogen-bond acceptors (Lipinski definition) is 6. The van der Waals surface area contributed by atoms with Crippen LogP contribution in [-0.4, -0.2) is 59.0 Å². The van der Waals surface area contributed by atoms with Crippen molar-refractivity contribution in [2.75, 3.05) is 47.3 Å². The first-order valence-corrected chi connectivity index (χ1v) is 40.4. The molecule has 1 aliphatic rings. The van der Waals surface area contributed by atoms with Crippen LogP contribution in [-0.2, 0) is 55.6 Å². The third-order valence-electron chi connectivity index (χ3n) is 19.9. The molecule has 1 heterocycles. The van der Waals surface area contributed by atoms with Gasteiger partial charge in [-0.25, -0.2) is 0 Å². The Morgan fingerprint density at radius 1 is 0.513 bits per heavy atom. The van der Waals surface area contributed by atoms with E-state index in [0.29, 0.717) is 43.5 Å². The summed E-state index contributed by atoms with van der Waals surface area (Å²) in [6, 6.07) is 78.9. The molecule has 8 aromatic carbocycles. The number of benzene rings is 8. The predicted molar refractivity (Wildman–Crippen MR) is 477 cm³/mol. The molecule has 6 nitrogen and oxygen atoms in total. The average Bonchev–Trinajstić information content (AvgIpc) is 0.772.